The van der Waals surface area contributed by atoms with Crippen LogP contribution in [0.15, 0.2) is 66.4 Å². The molecule has 1 heterocycles. The fraction of sp³-hybridized carbons (Fsp3) is 0.500. The van der Waals surface area contributed by atoms with Crippen LogP contribution in [0.2, 0.25) is 0 Å². The summed E-state index contributed by atoms with van der Waals surface area (Å²) in [6, 6.07) is 8.71. The predicted molar refractivity (Wildman–Crippen MR) is 136 cm³/mol. The van der Waals surface area contributed by atoms with Crippen LogP contribution in [0.1, 0.15) is 71.4 Å². The molecule has 0 fully saturated rings. The summed E-state index contributed by atoms with van der Waals surface area (Å²) < 4.78 is 0. The van der Waals surface area contributed by atoms with Gasteiger partial charge in [-0.3, -0.25) is 0 Å². The van der Waals surface area contributed by atoms with Crippen LogP contribution in [0.3, 0.4) is 0 Å². The molecule has 3 rings (SSSR count). The van der Waals surface area contributed by atoms with Gasteiger partial charge in [0, 0.05) is 18.8 Å². The zero-order chi connectivity index (χ0) is 22.4. The van der Waals surface area contributed by atoms with Gasteiger partial charge in [-0.05, 0) is 68.6 Å². The number of allylic oxidation sites excluding steroid dienone is 5. The molecular formula is C28H44N2. The molecule has 166 valence electrons. The Labute approximate surface area is 186 Å². The lowest BCUT2D eigenvalue weighted by Crippen LogP contribution is -2.21. The van der Waals surface area contributed by atoms with Crippen LogP contribution in [-0.2, 0) is 6.54 Å². The predicted octanol–water partition coefficient (Wildman–Crippen LogP) is 7.46. The Morgan fingerprint density at radius 3 is 2.37 bits per heavy atom. The molecule has 0 radical (unpaired) electrons. The first-order valence-electron chi connectivity index (χ1n) is 11.8. The molecule has 0 saturated heterocycles. The fourth-order valence-electron chi connectivity index (χ4n) is 3.65. The Kier molecular flexibility index (Phi) is 12.9. The first kappa shape index (κ1) is 26.0. The molecule has 0 N–H and O–H groups in total. The molecule has 0 bridgehead atoms. The standard InChI is InChI=1S/C18H19N.C8H19N.C2H6/c1-14(2)19-12-15-8-4-3-5-10-17(15)18-11-7-6-9-16(18)13-19;1-4-6-8-9(3)7-5-2;1-2/h4-11H,1,3,12-13H2,2H3;4-8H2,1-3H3;1-2H3. The topological polar surface area (TPSA) is 6.48 Å². The molecule has 0 amide bonds. The van der Waals surface area contributed by atoms with Gasteiger partial charge in [0.2, 0.25) is 0 Å². The van der Waals surface area contributed by atoms with Gasteiger partial charge >= 0.3 is 0 Å². The molecule has 1 aromatic carbocycles. The first-order valence-corrected chi connectivity index (χ1v) is 11.8. The molecule has 1 aliphatic heterocycles. The lowest BCUT2D eigenvalue weighted by Gasteiger charge is -2.23. The number of unbranched alkanes of at least 4 members (excludes halogenated alkanes) is 1. The van der Waals surface area contributed by atoms with E-state index in [1.54, 1.807) is 0 Å². The molecule has 2 nitrogen and oxygen atoms in total. The lowest BCUT2D eigenvalue weighted by atomic mass is 9.97. The van der Waals surface area contributed by atoms with Crippen molar-refractivity contribution in [3.05, 3.63) is 77.5 Å². The van der Waals surface area contributed by atoms with E-state index in [-0.39, 0.29) is 0 Å². The molecule has 0 atom stereocenters. The number of hydrogen-bond donors (Lipinski definition) is 0. The zero-order valence-electron chi connectivity index (χ0n) is 20.4. The highest BCUT2D eigenvalue weighted by molar-refractivity contribution is 5.81. The Morgan fingerprint density at radius 2 is 1.70 bits per heavy atom. The second kappa shape index (κ2) is 14.8. The number of hydrogen-bond acceptors (Lipinski definition) is 2. The summed E-state index contributed by atoms with van der Waals surface area (Å²) >= 11 is 0. The van der Waals surface area contributed by atoms with E-state index in [4.69, 9.17) is 0 Å². The zero-order valence-corrected chi connectivity index (χ0v) is 20.4. The van der Waals surface area contributed by atoms with Gasteiger partial charge in [0.05, 0.1) is 0 Å². The molecule has 2 aliphatic rings. The van der Waals surface area contributed by atoms with Crippen molar-refractivity contribution in [2.75, 3.05) is 26.7 Å². The Morgan fingerprint density at radius 1 is 1.00 bits per heavy atom. The summed E-state index contributed by atoms with van der Waals surface area (Å²) in [5.74, 6) is 0. The fourth-order valence-corrected chi connectivity index (χ4v) is 3.65. The average molecular weight is 409 g/mol. The third-order valence-electron chi connectivity index (χ3n) is 5.29. The van der Waals surface area contributed by atoms with E-state index in [1.165, 1.54) is 54.6 Å². The largest absolute Gasteiger partial charge is 0.367 e. The lowest BCUT2D eigenvalue weighted by molar-refractivity contribution is 0.329. The van der Waals surface area contributed by atoms with E-state index in [1.807, 2.05) is 13.8 Å². The minimum absolute atomic E-state index is 0.945. The summed E-state index contributed by atoms with van der Waals surface area (Å²) in [4.78, 5) is 4.74. The summed E-state index contributed by atoms with van der Waals surface area (Å²) in [6.45, 7) is 19.1. The number of rotatable bonds is 6. The van der Waals surface area contributed by atoms with Gasteiger partial charge in [-0.2, -0.15) is 0 Å². The van der Waals surface area contributed by atoms with Crippen LogP contribution < -0.4 is 0 Å². The van der Waals surface area contributed by atoms with Crippen molar-refractivity contribution in [2.45, 2.75) is 66.8 Å². The third kappa shape index (κ3) is 8.36. The van der Waals surface area contributed by atoms with Crippen molar-refractivity contribution >= 4 is 5.57 Å². The van der Waals surface area contributed by atoms with Crippen LogP contribution in [0.5, 0.6) is 0 Å². The number of fused-ring (bicyclic) bond motifs is 2. The molecule has 0 spiro atoms. The maximum Gasteiger partial charge on any atom is 0.0436 e. The second-order valence-electron chi connectivity index (χ2n) is 7.88. The quantitative estimate of drug-likeness (QED) is 0.482. The van der Waals surface area contributed by atoms with Crippen molar-refractivity contribution in [3.8, 4) is 0 Å². The van der Waals surface area contributed by atoms with Gasteiger partial charge in [-0.15, -0.1) is 0 Å². The second-order valence-corrected chi connectivity index (χ2v) is 7.88. The van der Waals surface area contributed by atoms with Crippen LogP contribution in [0.25, 0.3) is 5.57 Å². The van der Waals surface area contributed by atoms with Gasteiger partial charge in [0.1, 0.15) is 0 Å². The minimum atomic E-state index is 0.945. The minimum Gasteiger partial charge on any atom is -0.367 e. The number of nitrogens with zero attached hydrogens (tertiary/aromatic N) is 2. The van der Waals surface area contributed by atoms with E-state index < -0.39 is 0 Å². The van der Waals surface area contributed by atoms with Crippen molar-refractivity contribution in [1.82, 2.24) is 9.80 Å². The molecule has 30 heavy (non-hydrogen) atoms. The van der Waals surface area contributed by atoms with Crippen molar-refractivity contribution < 1.29 is 0 Å². The number of benzene rings is 1. The van der Waals surface area contributed by atoms with E-state index in [9.17, 15) is 0 Å². The van der Waals surface area contributed by atoms with E-state index in [2.05, 4.69) is 92.8 Å². The summed E-state index contributed by atoms with van der Waals surface area (Å²) in [6.07, 6.45) is 14.0. The Balaban J connectivity index is 0.000000349. The SMILES string of the molecule is C=C(C)N1CC2=C(C=CCC=C2)c2ccccc2C1.CC.CCCCN(C)CCC. The average Bonchev–Trinajstić information content (AvgIpc) is 3.07. The van der Waals surface area contributed by atoms with Crippen LogP contribution in [0, 0.1) is 0 Å². The molecule has 1 aromatic rings. The van der Waals surface area contributed by atoms with E-state index in [0.717, 1.165) is 25.2 Å². The van der Waals surface area contributed by atoms with Gasteiger partial charge in [-0.25, -0.2) is 0 Å². The van der Waals surface area contributed by atoms with Crippen LogP contribution >= 0.6 is 0 Å². The molecular weight excluding hydrogens is 364 g/mol. The van der Waals surface area contributed by atoms with Gasteiger partial charge < -0.3 is 9.80 Å². The van der Waals surface area contributed by atoms with E-state index in [0.29, 0.717) is 0 Å². The van der Waals surface area contributed by atoms with Crippen molar-refractivity contribution in [2.24, 2.45) is 0 Å². The highest BCUT2D eigenvalue weighted by Gasteiger charge is 2.19. The Hall–Kier alpha value is -2.06. The highest BCUT2D eigenvalue weighted by Crippen LogP contribution is 2.32. The van der Waals surface area contributed by atoms with Crippen LogP contribution in [-0.4, -0.2) is 36.5 Å². The van der Waals surface area contributed by atoms with Crippen LogP contribution in [0.4, 0.5) is 0 Å². The maximum absolute atomic E-state index is 4.12. The molecule has 2 heteroatoms. The smallest absolute Gasteiger partial charge is 0.0436 e. The van der Waals surface area contributed by atoms with Crippen molar-refractivity contribution in [3.63, 3.8) is 0 Å². The first-order chi connectivity index (χ1) is 14.6. The third-order valence-corrected chi connectivity index (χ3v) is 5.29. The summed E-state index contributed by atoms with van der Waals surface area (Å²) in [5, 5.41) is 0. The van der Waals surface area contributed by atoms with E-state index >= 15 is 0 Å². The maximum atomic E-state index is 4.12. The van der Waals surface area contributed by atoms with Gasteiger partial charge in [-0.1, -0.05) is 89.3 Å². The summed E-state index contributed by atoms with van der Waals surface area (Å²) in [7, 11) is 2.19. The highest BCUT2D eigenvalue weighted by atomic mass is 15.1. The Bertz CT molecular complexity index is 724. The molecule has 0 unspecified atom stereocenters. The van der Waals surface area contributed by atoms with Gasteiger partial charge in [0.15, 0.2) is 0 Å². The molecule has 0 aromatic heterocycles. The summed E-state index contributed by atoms with van der Waals surface area (Å²) in [5.41, 5.74) is 6.64. The van der Waals surface area contributed by atoms with Crippen molar-refractivity contribution in [1.29, 1.82) is 0 Å². The monoisotopic (exact) mass is 408 g/mol. The normalized spacial score (nSPS) is 14.6. The molecule has 0 saturated carbocycles. The molecule has 1 aliphatic carbocycles. The van der Waals surface area contributed by atoms with Gasteiger partial charge in [0.25, 0.3) is 0 Å².